The standard InChI is InChI=1S/C16H16INO3/c1-16(15(19)20,11-3-5-12(17)6-4-11)18-13-7-9-14(21-2)10-8-13/h3-10,18H,1-2H3,(H,19,20). The number of anilines is 1. The minimum Gasteiger partial charge on any atom is -0.497 e. The quantitative estimate of drug-likeness (QED) is 0.756. The topological polar surface area (TPSA) is 58.6 Å². The maximum absolute atomic E-state index is 11.7. The summed E-state index contributed by atoms with van der Waals surface area (Å²) in [7, 11) is 1.59. The summed E-state index contributed by atoms with van der Waals surface area (Å²) in [5, 5.41) is 12.7. The van der Waals surface area contributed by atoms with Crippen LogP contribution in [-0.4, -0.2) is 18.2 Å². The molecule has 110 valence electrons. The van der Waals surface area contributed by atoms with Crippen molar-refractivity contribution in [3.8, 4) is 5.75 Å². The van der Waals surface area contributed by atoms with Gasteiger partial charge >= 0.3 is 5.97 Å². The van der Waals surface area contributed by atoms with Gasteiger partial charge in [-0.15, -0.1) is 0 Å². The zero-order valence-electron chi connectivity index (χ0n) is 11.8. The number of carboxylic acid groups (broad SMARTS) is 1. The summed E-state index contributed by atoms with van der Waals surface area (Å²) < 4.78 is 6.16. The minimum atomic E-state index is -1.20. The van der Waals surface area contributed by atoms with Gasteiger partial charge in [0.15, 0.2) is 5.54 Å². The first-order valence-corrected chi connectivity index (χ1v) is 7.45. The van der Waals surface area contributed by atoms with E-state index in [0.29, 0.717) is 5.56 Å². The highest BCUT2D eigenvalue weighted by Crippen LogP contribution is 2.28. The molecule has 0 bridgehead atoms. The van der Waals surface area contributed by atoms with Gasteiger partial charge in [-0.1, -0.05) is 12.1 Å². The first kappa shape index (κ1) is 15.6. The van der Waals surface area contributed by atoms with E-state index in [0.717, 1.165) is 15.0 Å². The average Bonchev–Trinajstić information content (AvgIpc) is 2.48. The van der Waals surface area contributed by atoms with Crippen molar-refractivity contribution in [2.75, 3.05) is 12.4 Å². The van der Waals surface area contributed by atoms with Gasteiger partial charge in [0.05, 0.1) is 7.11 Å². The second-order valence-electron chi connectivity index (χ2n) is 4.79. The smallest absolute Gasteiger partial charge is 0.333 e. The molecule has 0 saturated heterocycles. The summed E-state index contributed by atoms with van der Waals surface area (Å²) in [5.74, 6) is -0.202. The molecule has 0 spiro atoms. The van der Waals surface area contributed by atoms with E-state index in [1.807, 2.05) is 24.3 Å². The van der Waals surface area contributed by atoms with E-state index in [1.54, 1.807) is 38.3 Å². The summed E-state index contributed by atoms with van der Waals surface area (Å²) in [5.41, 5.74) is 0.226. The van der Waals surface area contributed by atoms with E-state index in [1.165, 1.54) is 0 Å². The third-order valence-corrected chi connectivity index (χ3v) is 4.05. The molecule has 0 aliphatic rings. The zero-order chi connectivity index (χ0) is 15.5. The van der Waals surface area contributed by atoms with E-state index in [-0.39, 0.29) is 0 Å². The van der Waals surface area contributed by atoms with Crippen LogP contribution in [-0.2, 0) is 10.3 Å². The zero-order valence-corrected chi connectivity index (χ0v) is 13.9. The lowest BCUT2D eigenvalue weighted by atomic mass is 9.91. The van der Waals surface area contributed by atoms with Crippen molar-refractivity contribution in [3.05, 3.63) is 57.7 Å². The predicted molar refractivity (Wildman–Crippen MR) is 90.8 cm³/mol. The highest BCUT2D eigenvalue weighted by molar-refractivity contribution is 14.1. The van der Waals surface area contributed by atoms with E-state index in [2.05, 4.69) is 27.9 Å². The van der Waals surface area contributed by atoms with Crippen molar-refractivity contribution in [2.24, 2.45) is 0 Å². The lowest BCUT2D eigenvalue weighted by molar-refractivity contribution is -0.142. The molecule has 0 radical (unpaired) electrons. The Balaban J connectivity index is 2.33. The van der Waals surface area contributed by atoms with Crippen LogP contribution in [0, 0.1) is 3.57 Å². The SMILES string of the molecule is COc1ccc(NC(C)(C(=O)O)c2ccc(I)cc2)cc1. The Kier molecular flexibility index (Phi) is 4.72. The first-order valence-electron chi connectivity index (χ1n) is 6.37. The lowest BCUT2D eigenvalue weighted by Crippen LogP contribution is -2.40. The molecule has 0 aliphatic heterocycles. The van der Waals surface area contributed by atoms with Crippen molar-refractivity contribution < 1.29 is 14.6 Å². The van der Waals surface area contributed by atoms with Crippen molar-refractivity contribution in [1.82, 2.24) is 0 Å². The molecule has 0 aromatic heterocycles. The average molecular weight is 397 g/mol. The molecule has 1 unspecified atom stereocenters. The third kappa shape index (κ3) is 3.47. The van der Waals surface area contributed by atoms with Gasteiger partial charge in [-0.2, -0.15) is 0 Å². The number of benzene rings is 2. The van der Waals surface area contributed by atoms with Gasteiger partial charge in [0.25, 0.3) is 0 Å². The van der Waals surface area contributed by atoms with Gasteiger partial charge in [0.1, 0.15) is 5.75 Å². The van der Waals surface area contributed by atoms with Gasteiger partial charge in [0, 0.05) is 9.26 Å². The Bertz CT molecular complexity index is 625. The van der Waals surface area contributed by atoms with Crippen LogP contribution in [0.5, 0.6) is 5.75 Å². The van der Waals surface area contributed by atoms with Crippen LogP contribution in [0.4, 0.5) is 5.69 Å². The monoisotopic (exact) mass is 397 g/mol. The van der Waals surface area contributed by atoms with Crippen molar-refractivity contribution in [2.45, 2.75) is 12.5 Å². The molecule has 21 heavy (non-hydrogen) atoms. The molecular formula is C16H16INO3. The number of hydrogen-bond donors (Lipinski definition) is 2. The van der Waals surface area contributed by atoms with Gasteiger partial charge < -0.3 is 15.2 Å². The normalized spacial score (nSPS) is 13.3. The number of nitrogens with one attached hydrogen (secondary N) is 1. The Morgan fingerprint density at radius 1 is 1.14 bits per heavy atom. The number of aliphatic carboxylic acids is 1. The number of halogens is 1. The number of hydrogen-bond acceptors (Lipinski definition) is 3. The first-order chi connectivity index (χ1) is 9.95. The molecule has 2 rings (SSSR count). The number of ether oxygens (including phenoxy) is 1. The van der Waals surface area contributed by atoms with E-state index >= 15 is 0 Å². The van der Waals surface area contributed by atoms with E-state index in [4.69, 9.17) is 4.74 Å². The fourth-order valence-electron chi connectivity index (χ4n) is 2.00. The van der Waals surface area contributed by atoms with Crippen molar-refractivity contribution in [1.29, 1.82) is 0 Å². The highest BCUT2D eigenvalue weighted by Gasteiger charge is 2.35. The maximum atomic E-state index is 11.7. The third-order valence-electron chi connectivity index (χ3n) is 3.33. The molecule has 0 heterocycles. The number of carbonyl (C=O) groups is 1. The van der Waals surface area contributed by atoms with E-state index < -0.39 is 11.5 Å². The van der Waals surface area contributed by atoms with Crippen LogP contribution < -0.4 is 10.1 Å². The Morgan fingerprint density at radius 2 is 1.71 bits per heavy atom. The Labute approximate surface area is 137 Å². The van der Waals surface area contributed by atoms with Crippen LogP contribution >= 0.6 is 22.6 Å². The summed E-state index contributed by atoms with van der Waals surface area (Å²) in [6.45, 7) is 1.65. The van der Waals surface area contributed by atoms with Gasteiger partial charge in [-0.25, -0.2) is 4.79 Å². The lowest BCUT2D eigenvalue weighted by Gasteiger charge is -2.28. The molecule has 5 heteroatoms. The summed E-state index contributed by atoms with van der Waals surface area (Å²) in [6.07, 6.45) is 0. The molecule has 2 N–H and O–H groups in total. The minimum absolute atomic E-state index is 0.700. The second kappa shape index (κ2) is 6.34. The maximum Gasteiger partial charge on any atom is 0.333 e. The Morgan fingerprint density at radius 3 is 2.19 bits per heavy atom. The summed E-state index contributed by atoms with van der Waals surface area (Å²) in [6, 6.07) is 14.6. The largest absolute Gasteiger partial charge is 0.497 e. The van der Waals surface area contributed by atoms with Gasteiger partial charge in [-0.05, 0) is 71.5 Å². The van der Waals surface area contributed by atoms with Crippen LogP contribution in [0.15, 0.2) is 48.5 Å². The molecule has 0 aliphatic carbocycles. The van der Waals surface area contributed by atoms with Crippen LogP contribution in [0.3, 0.4) is 0 Å². The van der Waals surface area contributed by atoms with Crippen molar-refractivity contribution in [3.63, 3.8) is 0 Å². The summed E-state index contributed by atoms with van der Waals surface area (Å²) >= 11 is 2.19. The molecule has 0 fully saturated rings. The van der Waals surface area contributed by atoms with Crippen LogP contribution in [0.1, 0.15) is 12.5 Å². The predicted octanol–water partition coefficient (Wildman–Crippen LogP) is 3.71. The van der Waals surface area contributed by atoms with Crippen LogP contribution in [0.25, 0.3) is 0 Å². The van der Waals surface area contributed by atoms with E-state index in [9.17, 15) is 9.90 Å². The number of rotatable bonds is 5. The molecule has 4 nitrogen and oxygen atoms in total. The molecule has 2 aromatic carbocycles. The Hall–Kier alpha value is -1.76. The second-order valence-corrected chi connectivity index (χ2v) is 6.04. The van der Waals surface area contributed by atoms with Crippen LogP contribution in [0.2, 0.25) is 0 Å². The highest BCUT2D eigenvalue weighted by atomic mass is 127. The van der Waals surface area contributed by atoms with Gasteiger partial charge in [-0.3, -0.25) is 0 Å². The number of methoxy groups -OCH3 is 1. The molecule has 0 saturated carbocycles. The molecule has 2 aromatic rings. The fourth-order valence-corrected chi connectivity index (χ4v) is 2.35. The fraction of sp³-hybridized carbons (Fsp3) is 0.188. The van der Waals surface area contributed by atoms with Gasteiger partial charge in [0.2, 0.25) is 0 Å². The molecule has 1 atom stereocenters. The molecule has 0 amide bonds. The molecular weight excluding hydrogens is 381 g/mol. The summed E-state index contributed by atoms with van der Waals surface area (Å²) in [4.78, 5) is 11.7. The van der Waals surface area contributed by atoms with Crippen molar-refractivity contribution >= 4 is 34.2 Å². The number of carboxylic acids is 1.